The summed E-state index contributed by atoms with van der Waals surface area (Å²) >= 11 is 0. The van der Waals surface area contributed by atoms with E-state index in [4.69, 9.17) is 9.47 Å². The number of rotatable bonds is 5. The molecule has 23 heavy (non-hydrogen) atoms. The summed E-state index contributed by atoms with van der Waals surface area (Å²) in [7, 11) is 0. The van der Waals surface area contributed by atoms with Crippen molar-refractivity contribution in [1.82, 2.24) is 9.88 Å². The molecule has 1 aromatic heterocycles. The number of piperidine rings is 1. The number of carbonyl (C=O) groups is 1. The van der Waals surface area contributed by atoms with Gasteiger partial charge in [-0.1, -0.05) is 0 Å². The lowest BCUT2D eigenvalue weighted by molar-refractivity contribution is -0.000561. The van der Waals surface area contributed by atoms with Gasteiger partial charge in [0, 0.05) is 31.1 Å². The van der Waals surface area contributed by atoms with Crippen molar-refractivity contribution in [1.29, 1.82) is 0 Å². The number of ether oxygens (including phenoxy) is 2. The van der Waals surface area contributed by atoms with Crippen LogP contribution < -0.4 is 0 Å². The average molecular weight is 322 g/mol. The van der Waals surface area contributed by atoms with E-state index < -0.39 is 5.60 Å². The molecule has 2 atom stereocenters. The number of likely N-dealkylation sites (tertiary alicyclic amines) is 1. The number of aromatic amines is 1. The number of H-pyrrole nitrogens is 1. The fourth-order valence-electron chi connectivity index (χ4n) is 2.93. The van der Waals surface area contributed by atoms with E-state index in [2.05, 4.69) is 4.98 Å². The summed E-state index contributed by atoms with van der Waals surface area (Å²) in [5.41, 5.74) is 0.634. The summed E-state index contributed by atoms with van der Waals surface area (Å²) in [6.45, 7) is 9.19. The molecule has 1 amide bonds. The van der Waals surface area contributed by atoms with Crippen LogP contribution in [0, 0.1) is 0 Å². The van der Waals surface area contributed by atoms with E-state index >= 15 is 0 Å². The van der Waals surface area contributed by atoms with Crippen molar-refractivity contribution < 1.29 is 14.3 Å². The Morgan fingerprint density at radius 1 is 1.43 bits per heavy atom. The zero-order valence-corrected chi connectivity index (χ0v) is 14.8. The number of nitrogens with one attached hydrogen (secondary N) is 1. The maximum atomic E-state index is 12.4. The molecule has 1 aliphatic rings. The highest BCUT2D eigenvalue weighted by Gasteiger charge is 2.30. The Hall–Kier alpha value is -1.49. The molecule has 2 rings (SSSR count). The van der Waals surface area contributed by atoms with Crippen LogP contribution in [-0.4, -0.2) is 40.8 Å². The normalized spacial score (nSPS) is 20.3. The second-order valence-electron chi connectivity index (χ2n) is 7.25. The van der Waals surface area contributed by atoms with Crippen molar-refractivity contribution in [2.24, 2.45) is 0 Å². The van der Waals surface area contributed by atoms with Crippen LogP contribution in [-0.2, 0) is 9.47 Å². The molecule has 0 radical (unpaired) electrons. The van der Waals surface area contributed by atoms with Crippen molar-refractivity contribution in [3.63, 3.8) is 0 Å². The van der Waals surface area contributed by atoms with Crippen molar-refractivity contribution in [2.75, 3.05) is 13.2 Å². The van der Waals surface area contributed by atoms with Gasteiger partial charge in [-0.15, -0.1) is 0 Å². The predicted molar refractivity (Wildman–Crippen MR) is 90.4 cm³/mol. The van der Waals surface area contributed by atoms with Gasteiger partial charge in [-0.05, 0) is 65.5 Å². The van der Waals surface area contributed by atoms with Crippen molar-refractivity contribution in [3.8, 4) is 0 Å². The van der Waals surface area contributed by atoms with Crippen LogP contribution in [0.15, 0.2) is 18.3 Å². The summed E-state index contributed by atoms with van der Waals surface area (Å²) in [6, 6.07) is 4.22. The molecular weight excluding hydrogens is 292 g/mol. The zero-order chi connectivity index (χ0) is 16.9. The minimum atomic E-state index is -0.447. The number of carbonyl (C=O) groups excluding carboxylic acids is 1. The van der Waals surface area contributed by atoms with E-state index in [1.165, 1.54) is 0 Å². The molecule has 1 N–H and O–H groups in total. The van der Waals surface area contributed by atoms with Gasteiger partial charge in [0.2, 0.25) is 0 Å². The summed E-state index contributed by atoms with van der Waals surface area (Å²) in [4.78, 5) is 17.4. The van der Waals surface area contributed by atoms with E-state index in [0.717, 1.165) is 37.9 Å². The van der Waals surface area contributed by atoms with E-state index in [-0.39, 0.29) is 18.2 Å². The van der Waals surface area contributed by atoms with Gasteiger partial charge in [-0.3, -0.25) is 0 Å². The van der Waals surface area contributed by atoms with Crippen LogP contribution in [0.5, 0.6) is 0 Å². The topological polar surface area (TPSA) is 54.6 Å². The minimum absolute atomic E-state index is 0.0450. The van der Waals surface area contributed by atoms with Gasteiger partial charge in [-0.2, -0.15) is 0 Å². The van der Waals surface area contributed by atoms with E-state index in [1.807, 2.05) is 50.9 Å². The molecule has 1 aromatic rings. The van der Waals surface area contributed by atoms with Gasteiger partial charge in [0.05, 0.1) is 6.10 Å². The van der Waals surface area contributed by atoms with Gasteiger partial charge < -0.3 is 19.4 Å². The first-order chi connectivity index (χ1) is 10.9. The zero-order valence-electron chi connectivity index (χ0n) is 14.8. The molecule has 2 unspecified atom stereocenters. The van der Waals surface area contributed by atoms with Crippen molar-refractivity contribution in [3.05, 3.63) is 24.0 Å². The minimum Gasteiger partial charge on any atom is -0.444 e. The lowest BCUT2D eigenvalue weighted by Gasteiger charge is -2.37. The number of nitrogens with zero attached hydrogens (tertiary/aromatic N) is 1. The third-order valence-corrected chi connectivity index (χ3v) is 4.13. The molecule has 0 aromatic carbocycles. The Kier molecular flexibility index (Phi) is 6.10. The second kappa shape index (κ2) is 7.86. The van der Waals surface area contributed by atoms with Crippen molar-refractivity contribution in [2.45, 2.75) is 71.1 Å². The number of hydrogen-bond donors (Lipinski definition) is 1. The number of hydrogen-bond acceptors (Lipinski definition) is 3. The van der Waals surface area contributed by atoms with Gasteiger partial charge in [-0.25, -0.2) is 4.79 Å². The molecule has 0 bridgehead atoms. The first-order valence-electron chi connectivity index (χ1n) is 8.61. The van der Waals surface area contributed by atoms with Crippen LogP contribution in [0.2, 0.25) is 0 Å². The molecular formula is C18H30N2O3. The molecule has 0 saturated carbocycles. The highest BCUT2D eigenvalue weighted by molar-refractivity contribution is 5.68. The molecule has 0 spiro atoms. The van der Waals surface area contributed by atoms with Crippen LogP contribution in [0.25, 0.3) is 0 Å². The first kappa shape index (κ1) is 17.9. The summed E-state index contributed by atoms with van der Waals surface area (Å²) < 4.78 is 11.4. The molecule has 130 valence electrons. The van der Waals surface area contributed by atoms with Gasteiger partial charge in [0.25, 0.3) is 0 Å². The highest BCUT2D eigenvalue weighted by atomic mass is 16.6. The van der Waals surface area contributed by atoms with Gasteiger partial charge in [0.15, 0.2) is 0 Å². The van der Waals surface area contributed by atoms with Gasteiger partial charge in [0.1, 0.15) is 5.60 Å². The molecule has 1 aliphatic heterocycles. The first-order valence-corrected chi connectivity index (χ1v) is 8.61. The Labute approximate surface area is 139 Å². The van der Waals surface area contributed by atoms with Gasteiger partial charge >= 0.3 is 6.09 Å². The van der Waals surface area contributed by atoms with Crippen LogP contribution >= 0.6 is 0 Å². The highest BCUT2D eigenvalue weighted by Crippen LogP contribution is 2.23. The Balaban J connectivity index is 1.82. The lowest BCUT2D eigenvalue weighted by atomic mass is 10.0. The van der Waals surface area contributed by atoms with Crippen LogP contribution in [0.1, 0.15) is 65.2 Å². The smallest absolute Gasteiger partial charge is 0.410 e. The third kappa shape index (κ3) is 5.57. The molecule has 1 fully saturated rings. The van der Waals surface area contributed by atoms with Crippen LogP contribution in [0.3, 0.4) is 0 Å². The summed E-state index contributed by atoms with van der Waals surface area (Å²) in [5.74, 6) is 0. The quantitative estimate of drug-likeness (QED) is 0.880. The molecule has 0 aliphatic carbocycles. The fraction of sp³-hybridized carbons (Fsp3) is 0.722. The fourth-order valence-corrected chi connectivity index (χ4v) is 2.93. The van der Waals surface area contributed by atoms with Crippen LogP contribution in [0.4, 0.5) is 4.79 Å². The standard InChI is InChI=1S/C18H30N2O3/c1-14(16-9-7-11-19-16)22-13-10-15-8-5-6-12-20(15)17(21)23-18(2,3)4/h7,9,11,14-15,19H,5-6,8,10,12-13H2,1-4H3. The summed E-state index contributed by atoms with van der Waals surface area (Å²) in [5, 5.41) is 0. The van der Waals surface area contributed by atoms with E-state index in [1.54, 1.807) is 0 Å². The molecule has 5 nitrogen and oxygen atoms in total. The predicted octanol–water partition coefficient (Wildman–Crippen LogP) is 4.27. The maximum Gasteiger partial charge on any atom is 0.410 e. The third-order valence-electron chi connectivity index (χ3n) is 4.13. The Bertz CT molecular complexity index is 479. The largest absolute Gasteiger partial charge is 0.444 e. The molecule has 1 saturated heterocycles. The molecule has 2 heterocycles. The maximum absolute atomic E-state index is 12.4. The molecule has 5 heteroatoms. The second-order valence-corrected chi connectivity index (χ2v) is 7.25. The van der Waals surface area contributed by atoms with Crippen molar-refractivity contribution >= 4 is 6.09 Å². The Morgan fingerprint density at radius 2 is 2.22 bits per heavy atom. The average Bonchev–Trinajstić information content (AvgIpc) is 3.00. The SMILES string of the molecule is CC(OCCC1CCCCN1C(=O)OC(C)(C)C)c1ccc[nH]1. The lowest BCUT2D eigenvalue weighted by Crippen LogP contribution is -2.46. The van der Waals surface area contributed by atoms with E-state index in [0.29, 0.717) is 6.61 Å². The monoisotopic (exact) mass is 322 g/mol. The number of aromatic nitrogens is 1. The number of amides is 1. The summed E-state index contributed by atoms with van der Waals surface area (Å²) in [6.07, 6.45) is 5.85. The Morgan fingerprint density at radius 3 is 2.87 bits per heavy atom. The van der Waals surface area contributed by atoms with E-state index in [9.17, 15) is 4.79 Å².